The van der Waals surface area contributed by atoms with Gasteiger partial charge in [0.25, 0.3) is 0 Å². The molecule has 182 valence electrons. The lowest BCUT2D eigenvalue weighted by Gasteiger charge is -2.27. The topological polar surface area (TPSA) is 88.7 Å². The van der Waals surface area contributed by atoms with Crippen LogP contribution in [-0.2, 0) is 25.8 Å². The fourth-order valence-corrected chi connectivity index (χ4v) is 5.53. The second-order valence-electron chi connectivity index (χ2n) is 9.13. The number of nitrogens with one attached hydrogen (secondary N) is 1. The standard InChI is InChI=1S/C28H28ClN7/c1-3-17-6-5-7-18(4-2)26(17)36-27(20-8-9-22(29)25-19(20)10-13-31-25)21-16-35(15-12-23(21)34-36)28-32-14-11-24(30)33-28/h5-11,13-14,31H,3-4,12,15-16H2,1-2H3,(H2,30,32,33). The number of rotatable bonds is 5. The van der Waals surface area contributed by atoms with Crippen molar-refractivity contribution in [1.82, 2.24) is 24.7 Å². The Labute approximate surface area is 214 Å². The van der Waals surface area contributed by atoms with Crippen LogP contribution in [0.15, 0.2) is 54.9 Å². The van der Waals surface area contributed by atoms with E-state index in [-0.39, 0.29) is 0 Å². The number of aryl methyl sites for hydroxylation is 2. The Morgan fingerprint density at radius 1 is 1.06 bits per heavy atom. The molecule has 2 aromatic carbocycles. The molecule has 0 bridgehead atoms. The van der Waals surface area contributed by atoms with Gasteiger partial charge in [-0.2, -0.15) is 10.1 Å². The largest absolute Gasteiger partial charge is 0.384 e. The van der Waals surface area contributed by atoms with E-state index in [4.69, 9.17) is 22.4 Å². The average Bonchev–Trinajstić information content (AvgIpc) is 3.54. The van der Waals surface area contributed by atoms with Crippen molar-refractivity contribution >= 4 is 34.3 Å². The lowest BCUT2D eigenvalue weighted by molar-refractivity contribution is 0.695. The van der Waals surface area contributed by atoms with Crippen LogP contribution in [0, 0.1) is 0 Å². The maximum Gasteiger partial charge on any atom is 0.227 e. The van der Waals surface area contributed by atoms with Crippen molar-refractivity contribution in [3.05, 3.63) is 82.3 Å². The summed E-state index contributed by atoms with van der Waals surface area (Å²) >= 11 is 6.56. The van der Waals surface area contributed by atoms with Gasteiger partial charge in [0.1, 0.15) is 5.82 Å². The molecule has 5 aromatic rings. The minimum atomic E-state index is 0.470. The summed E-state index contributed by atoms with van der Waals surface area (Å²) in [6.45, 7) is 5.83. The zero-order chi connectivity index (χ0) is 24.8. The Hall–Kier alpha value is -3.84. The summed E-state index contributed by atoms with van der Waals surface area (Å²) in [4.78, 5) is 14.5. The molecular weight excluding hydrogens is 470 g/mol. The average molecular weight is 498 g/mol. The number of aromatic nitrogens is 5. The Morgan fingerprint density at radius 2 is 1.86 bits per heavy atom. The molecule has 7 nitrogen and oxygen atoms in total. The zero-order valence-electron chi connectivity index (χ0n) is 20.4. The number of fused-ring (bicyclic) bond motifs is 2. The molecule has 3 aromatic heterocycles. The Morgan fingerprint density at radius 3 is 2.61 bits per heavy atom. The summed E-state index contributed by atoms with van der Waals surface area (Å²) in [7, 11) is 0. The molecule has 1 aliphatic heterocycles. The highest BCUT2D eigenvalue weighted by Crippen LogP contribution is 2.40. The molecular formula is C28H28ClN7. The van der Waals surface area contributed by atoms with Crippen molar-refractivity contribution < 1.29 is 0 Å². The molecule has 0 atom stereocenters. The number of nitrogens with zero attached hydrogens (tertiary/aromatic N) is 5. The quantitative estimate of drug-likeness (QED) is 0.323. The van der Waals surface area contributed by atoms with Crippen LogP contribution in [0.25, 0.3) is 27.8 Å². The number of halogens is 1. The highest BCUT2D eigenvalue weighted by Gasteiger charge is 2.29. The number of benzene rings is 2. The summed E-state index contributed by atoms with van der Waals surface area (Å²) in [5.41, 5.74) is 15.1. The summed E-state index contributed by atoms with van der Waals surface area (Å²) in [6, 6.07) is 14.5. The maximum atomic E-state index is 6.56. The Kier molecular flexibility index (Phi) is 5.64. The number of H-pyrrole nitrogens is 1. The number of para-hydroxylation sites is 1. The molecule has 0 unspecified atom stereocenters. The number of nitrogen functional groups attached to an aromatic ring is 1. The SMILES string of the molecule is CCc1cccc(CC)c1-n1nc2c(c1-c1ccc(Cl)c3[nH]ccc13)CN(c1nccc(N)n1)CC2. The maximum absolute atomic E-state index is 6.56. The zero-order valence-corrected chi connectivity index (χ0v) is 21.2. The van der Waals surface area contributed by atoms with E-state index >= 15 is 0 Å². The van der Waals surface area contributed by atoms with Gasteiger partial charge >= 0.3 is 0 Å². The normalized spacial score (nSPS) is 13.4. The molecule has 0 amide bonds. The number of aromatic amines is 1. The molecule has 0 radical (unpaired) electrons. The van der Waals surface area contributed by atoms with Crippen LogP contribution in [-0.4, -0.2) is 31.3 Å². The molecule has 1 aliphatic rings. The molecule has 8 heteroatoms. The molecule has 0 saturated carbocycles. The van der Waals surface area contributed by atoms with Crippen molar-refractivity contribution in [1.29, 1.82) is 0 Å². The minimum Gasteiger partial charge on any atom is -0.384 e. The fraction of sp³-hybridized carbons (Fsp3) is 0.250. The number of anilines is 2. The Balaban J connectivity index is 1.62. The van der Waals surface area contributed by atoms with E-state index in [2.05, 4.69) is 68.7 Å². The molecule has 0 spiro atoms. The second-order valence-corrected chi connectivity index (χ2v) is 9.54. The van der Waals surface area contributed by atoms with Gasteiger partial charge in [-0.1, -0.05) is 49.7 Å². The lowest BCUT2D eigenvalue weighted by atomic mass is 9.97. The molecule has 3 N–H and O–H groups in total. The molecule has 6 rings (SSSR count). The summed E-state index contributed by atoms with van der Waals surface area (Å²) in [6.07, 6.45) is 6.31. The van der Waals surface area contributed by atoms with E-state index in [0.717, 1.165) is 53.7 Å². The van der Waals surface area contributed by atoms with E-state index in [0.29, 0.717) is 23.3 Å². The first-order valence-corrected chi connectivity index (χ1v) is 12.8. The van der Waals surface area contributed by atoms with Gasteiger partial charge in [-0.05, 0) is 42.2 Å². The smallest absolute Gasteiger partial charge is 0.227 e. The van der Waals surface area contributed by atoms with Gasteiger partial charge < -0.3 is 15.6 Å². The first-order valence-electron chi connectivity index (χ1n) is 12.4. The van der Waals surface area contributed by atoms with Gasteiger partial charge in [-0.25, -0.2) is 9.67 Å². The summed E-state index contributed by atoms with van der Waals surface area (Å²) in [5, 5.41) is 7.04. The van der Waals surface area contributed by atoms with Crippen molar-refractivity contribution in [3.63, 3.8) is 0 Å². The number of hydrogen-bond acceptors (Lipinski definition) is 5. The first-order chi connectivity index (χ1) is 17.6. The predicted octanol–water partition coefficient (Wildman–Crippen LogP) is 5.73. The van der Waals surface area contributed by atoms with Gasteiger partial charge in [-0.3, -0.25) is 0 Å². The number of nitrogens with two attached hydrogens (primary N) is 1. The minimum absolute atomic E-state index is 0.470. The van der Waals surface area contributed by atoms with Crippen LogP contribution in [0.4, 0.5) is 11.8 Å². The van der Waals surface area contributed by atoms with Gasteiger partial charge in [-0.15, -0.1) is 0 Å². The molecule has 0 fully saturated rings. The van der Waals surface area contributed by atoms with Crippen LogP contribution in [0.3, 0.4) is 0 Å². The van der Waals surface area contributed by atoms with E-state index < -0.39 is 0 Å². The van der Waals surface area contributed by atoms with Crippen molar-refractivity contribution in [2.45, 2.75) is 39.7 Å². The third-order valence-electron chi connectivity index (χ3n) is 7.09. The van der Waals surface area contributed by atoms with E-state index in [1.165, 1.54) is 22.4 Å². The number of hydrogen-bond donors (Lipinski definition) is 2. The third kappa shape index (κ3) is 3.62. The van der Waals surface area contributed by atoms with Crippen molar-refractivity contribution in [3.8, 4) is 16.9 Å². The van der Waals surface area contributed by atoms with E-state index in [1.54, 1.807) is 12.3 Å². The molecule has 0 aliphatic carbocycles. The monoisotopic (exact) mass is 497 g/mol. The van der Waals surface area contributed by atoms with Crippen LogP contribution in [0.1, 0.15) is 36.2 Å². The molecule has 36 heavy (non-hydrogen) atoms. The van der Waals surface area contributed by atoms with Gasteiger partial charge in [0.05, 0.1) is 27.6 Å². The predicted molar refractivity (Wildman–Crippen MR) is 146 cm³/mol. The van der Waals surface area contributed by atoms with Crippen LogP contribution in [0.5, 0.6) is 0 Å². The Bertz CT molecular complexity index is 1560. The van der Waals surface area contributed by atoms with Crippen LogP contribution >= 0.6 is 11.6 Å². The highest BCUT2D eigenvalue weighted by molar-refractivity contribution is 6.35. The molecule has 4 heterocycles. The highest BCUT2D eigenvalue weighted by atomic mass is 35.5. The van der Waals surface area contributed by atoms with Gasteiger partial charge in [0, 0.05) is 48.4 Å². The second kappa shape index (κ2) is 8.99. The van der Waals surface area contributed by atoms with Crippen LogP contribution in [0.2, 0.25) is 5.02 Å². The summed E-state index contributed by atoms with van der Waals surface area (Å²) in [5.74, 6) is 1.11. The lowest BCUT2D eigenvalue weighted by Crippen LogP contribution is -2.31. The first kappa shape index (κ1) is 22.6. The van der Waals surface area contributed by atoms with E-state index in [1.807, 2.05) is 12.3 Å². The van der Waals surface area contributed by atoms with Gasteiger partial charge in [0.15, 0.2) is 0 Å². The van der Waals surface area contributed by atoms with E-state index in [9.17, 15) is 0 Å². The van der Waals surface area contributed by atoms with Crippen LogP contribution < -0.4 is 10.6 Å². The van der Waals surface area contributed by atoms with Crippen molar-refractivity contribution in [2.24, 2.45) is 0 Å². The fourth-order valence-electron chi connectivity index (χ4n) is 5.31. The van der Waals surface area contributed by atoms with Crippen molar-refractivity contribution in [2.75, 3.05) is 17.2 Å². The summed E-state index contributed by atoms with van der Waals surface area (Å²) < 4.78 is 2.18. The third-order valence-corrected chi connectivity index (χ3v) is 7.40. The van der Waals surface area contributed by atoms with Gasteiger partial charge in [0.2, 0.25) is 5.95 Å². The molecule has 0 saturated heterocycles.